The number of amides is 2. The highest BCUT2D eigenvalue weighted by atomic mass is 16.2. The van der Waals surface area contributed by atoms with Gasteiger partial charge in [-0.2, -0.15) is 0 Å². The molecule has 5 nitrogen and oxygen atoms in total. The van der Waals surface area contributed by atoms with Crippen molar-refractivity contribution in [3.8, 4) is 0 Å². The Bertz CT molecular complexity index is 586. The van der Waals surface area contributed by atoms with Crippen LogP contribution in [0.2, 0.25) is 0 Å². The Morgan fingerprint density at radius 3 is 1.92 bits per heavy atom. The minimum atomic E-state index is -0.136. The maximum atomic E-state index is 12.3. The third-order valence-corrected chi connectivity index (χ3v) is 5.07. The van der Waals surface area contributed by atoms with Crippen LogP contribution in [0.4, 0.5) is 0 Å². The normalized spacial score (nSPS) is 19.1. The molecule has 136 valence electrons. The Labute approximate surface area is 150 Å². The monoisotopic (exact) mass is 343 g/mol. The Balaban J connectivity index is 1.37. The Kier molecular flexibility index (Phi) is 5.86. The van der Waals surface area contributed by atoms with Crippen LogP contribution < -0.4 is 0 Å². The van der Waals surface area contributed by atoms with Crippen molar-refractivity contribution >= 4 is 11.8 Å². The summed E-state index contributed by atoms with van der Waals surface area (Å²) < 4.78 is 0. The van der Waals surface area contributed by atoms with Crippen molar-refractivity contribution in [1.29, 1.82) is 0 Å². The fourth-order valence-electron chi connectivity index (χ4n) is 3.76. The van der Waals surface area contributed by atoms with Crippen LogP contribution in [0, 0.1) is 5.92 Å². The van der Waals surface area contributed by atoms with Gasteiger partial charge in [-0.05, 0) is 37.4 Å². The zero-order valence-electron chi connectivity index (χ0n) is 15.4. The maximum absolute atomic E-state index is 12.3. The van der Waals surface area contributed by atoms with Crippen LogP contribution in [0.5, 0.6) is 0 Å². The van der Waals surface area contributed by atoms with E-state index in [0.717, 1.165) is 51.5 Å². The van der Waals surface area contributed by atoms with Crippen LogP contribution in [0.25, 0.3) is 0 Å². The van der Waals surface area contributed by atoms with E-state index in [1.54, 1.807) is 12.1 Å². The molecule has 1 fully saturated rings. The van der Waals surface area contributed by atoms with Gasteiger partial charge in [0.25, 0.3) is 11.8 Å². The van der Waals surface area contributed by atoms with Gasteiger partial charge in [0.1, 0.15) is 0 Å². The zero-order valence-corrected chi connectivity index (χ0v) is 15.4. The molecule has 2 amide bonds. The van der Waals surface area contributed by atoms with Gasteiger partial charge in [0.2, 0.25) is 0 Å². The molecule has 2 heterocycles. The van der Waals surface area contributed by atoms with Gasteiger partial charge < -0.3 is 9.80 Å². The standard InChI is InChI=1S/C20H29N3O2/c1-16(2)15-22-13-11-21(12-14-22)9-5-6-10-23-19(24)17-7-3-4-8-18(17)20(23)25/h3-4,7-8,16H,5-6,9-15H2,1-2H3. The van der Waals surface area contributed by atoms with Crippen LogP contribution in [-0.2, 0) is 0 Å². The number of hydrogen-bond donors (Lipinski definition) is 0. The van der Waals surface area contributed by atoms with Crippen molar-refractivity contribution in [2.24, 2.45) is 5.92 Å². The lowest BCUT2D eigenvalue weighted by Gasteiger charge is -2.35. The fraction of sp³-hybridized carbons (Fsp3) is 0.600. The molecule has 0 aliphatic carbocycles. The highest BCUT2D eigenvalue weighted by Crippen LogP contribution is 2.22. The first-order chi connectivity index (χ1) is 12.1. The van der Waals surface area contributed by atoms with Crippen LogP contribution in [-0.4, -0.2) is 72.3 Å². The molecule has 3 rings (SSSR count). The molecule has 0 bridgehead atoms. The van der Waals surface area contributed by atoms with Crippen molar-refractivity contribution in [1.82, 2.24) is 14.7 Å². The highest BCUT2D eigenvalue weighted by molar-refractivity contribution is 6.21. The molecule has 0 saturated carbocycles. The molecule has 0 spiro atoms. The van der Waals surface area contributed by atoms with E-state index >= 15 is 0 Å². The minimum absolute atomic E-state index is 0.136. The summed E-state index contributed by atoms with van der Waals surface area (Å²) in [4.78, 5) is 31.1. The largest absolute Gasteiger partial charge is 0.301 e. The smallest absolute Gasteiger partial charge is 0.261 e. The number of nitrogens with zero attached hydrogens (tertiary/aromatic N) is 3. The van der Waals surface area contributed by atoms with Crippen molar-refractivity contribution in [3.63, 3.8) is 0 Å². The SMILES string of the molecule is CC(C)CN1CCN(CCCCN2C(=O)c3ccccc3C2=O)CC1. The molecule has 1 aromatic rings. The predicted octanol–water partition coefficient (Wildman–Crippen LogP) is 2.34. The molecular weight excluding hydrogens is 314 g/mol. The van der Waals surface area contributed by atoms with Crippen LogP contribution >= 0.6 is 0 Å². The van der Waals surface area contributed by atoms with Gasteiger partial charge in [0.05, 0.1) is 11.1 Å². The summed E-state index contributed by atoms with van der Waals surface area (Å²) in [6, 6.07) is 7.11. The molecule has 0 atom stereocenters. The number of fused-ring (bicyclic) bond motifs is 1. The lowest BCUT2D eigenvalue weighted by molar-refractivity contribution is 0.0648. The summed E-state index contributed by atoms with van der Waals surface area (Å²) >= 11 is 0. The van der Waals surface area contributed by atoms with Gasteiger partial charge in [-0.25, -0.2) is 0 Å². The molecule has 1 saturated heterocycles. The number of carbonyl (C=O) groups excluding carboxylic acids is 2. The number of hydrogen-bond acceptors (Lipinski definition) is 4. The third-order valence-electron chi connectivity index (χ3n) is 5.07. The van der Waals surface area contributed by atoms with E-state index in [-0.39, 0.29) is 11.8 Å². The lowest BCUT2D eigenvalue weighted by Crippen LogP contribution is -2.47. The first kappa shape index (κ1) is 18.1. The van der Waals surface area contributed by atoms with Crippen molar-refractivity contribution in [3.05, 3.63) is 35.4 Å². The third kappa shape index (κ3) is 4.28. The molecule has 25 heavy (non-hydrogen) atoms. The second-order valence-corrected chi connectivity index (χ2v) is 7.55. The molecule has 0 aromatic heterocycles. The van der Waals surface area contributed by atoms with Gasteiger partial charge >= 0.3 is 0 Å². The first-order valence-electron chi connectivity index (χ1n) is 9.46. The predicted molar refractivity (Wildman–Crippen MR) is 98.8 cm³/mol. The average Bonchev–Trinajstić information content (AvgIpc) is 2.84. The molecular formula is C20H29N3O2. The maximum Gasteiger partial charge on any atom is 0.261 e. The van der Waals surface area contributed by atoms with Crippen molar-refractivity contribution in [2.75, 3.05) is 45.8 Å². The minimum Gasteiger partial charge on any atom is -0.301 e. The van der Waals surface area contributed by atoms with E-state index in [1.165, 1.54) is 11.4 Å². The van der Waals surface area contributed by atoms with Crippen LogP contribution in [0.15, 0.2) is 24.3 Å². The quantitative estimate of drug-likeness (QED) is 0.563. The number of piperazine rings is 1. The summed E-state index contributed by atoms with van der Waals surface area (Å²) in [5.41, 5.74) is 1.10. The number of benzene rings is 1. The Morgan fingerprint density at radius 1 is 0.840 bits per heavy atom. The molecule has 5 heteroatoms. The first-order valence-corrected chi connectivity index (χ1v) is 9.46. The molecule has 2 aliphatic heterocycles. The lowest BCUT2D eigenvalue weighted by atomic mass is 10.1. The van der Waals surface area contributed by atoms with Crippen molar-refractivity contribution in [2.45, 2.75) is 26.7 Å². The van der Waals surface area contributed by atoms with E-state index in [1.807, 2.05) is 12.1 Å². The summed E-state index contributed by atoms with van der Waals surface area (Å²) in [6.07, 6.45) is 1.90. The van der Waals surface area contributed by atoms with E-state index in [4.69, 9.17) is 0 Å². The fourth-order valence-corrected chi connectivity index (χ4v) is 3.76. The summed E-state index contributed by atoms with van der Waals surface area (Å²) in [6.45, 7) is 11.9. The number of unbranched alkanes of at least 4 members (excludes halogenated alkanes) is 1. The van der Waals surface area contributed by atoms with E-state index in [0.29, 0.717) is 17.7 Å². The second kappa shape index (κ2) is 8.11. The summed E-state index contributed by atoms with van der Waals surface area (Å²) in [7, 11) is 0. The van der Waals surface area contributed by atoms with E-state index in [9.17, 15) is 9.59 Å². The Hall–Kier alpha value is -1.72. The molecule has 0 radical (unpaired) electrons. The van der Waals surface area contributed by atoms with Gasteiger partial charge in [-0.1, -0.05) is 26.0 Å². The van der Waals surface area contributed by atoms with E-state index in [2.05, 4.69) is 23.6 Å². The van der Waals surface area contributed by atoms with Crippen molar-refractivity contribution < 1.29 is 9.59 Å². The number of rotatable bonds is 7. The van der Waals surface area contributed by atoms with Gasteiger partial charge in [-0.3, -0.25) is 14.5 Å². The molecule has 0 N–H and O–H groups in total. The van der Waals surface area contributed by atoms with Gasteiger partial charge in [0, 0.05) is 39.3 Å². The summed E-state index contributed by atoms with van der Waals surface area (Å²) in [5.74, 6) is 0.456. The zero-order chi connectivity index (χ0) is 17.8. The Morgan fingerprint density at radius 2 is 1.36 bits per heavy atom. The van der Waals surface area contributed by atoms with Gasteiger partial charge in [0.15, 0.2) is 0 Å². The van der Waals surface area contributed by atoms with Gasteiger partial charge in [-0.15, -0.1) is 0 Å². The van der Waals surface area contributed by atoms with Crippen LogP contribution in [0.3, 0.4) is 0 Å². The molecule has 1 aromatic carbocycles. The topological polar surface area (TPSA) is 43.9 Å². The average molecular weight is 343 g/mol. The molecule has 0 unspecified atom stereocenters. The second-order valence-electron chi connectivity index (χ2n) is 7.55. The van der Waals surface area contributed by atoms with E-state index < -0.39 is 0 Å². The molecule has 2 aliphatic rings. The number of imide groups is 1. The van der Waals surface area contributed by atoms with Crippen LogP contribution in [0.1, 0.15) is 47.4 Å². The summed E-state index contributed by atoms with van der Waals surface area (Å²) in [5, 5.41) is 0. The number of carbonyl (C=O) groups is 2. The highest BCUT2D eigenvalue weighted by Gasteiger charge is 2.34.